The minimum absolute atomic E-state index is 0.176. The minimum atomic E-state index is 0.176. The van der Waals surface area contributed by atoms with Crippen LogP contribution in [0.2, 0.25) is 0 Å². The van der Waals surface area contributed by atoms with Gasteiger partial charge in [-0.15, -0.1) is 0 Å². The Balaban J connectivity index is 2.28. The number of ether oxygens (including phenoxy) is 2. The maximum atomic E-state index is 10.9. The summed E-state index contributed by atoms with van der Waals surface area (Å²) >= 11 is 0. The van der Waals surface area contributed by atoms with Crippen LogP contribution in [0.15, 0.2) is 24.3 Å². The Bertz CT molecular complexity index is 330. The molecule has 0 unspecified atom stereocenters. The van der Waals surface area contributed by atoms with Gasteiger partial charge in [0.15, 0.2) is 0 Å². The molecule has 1 rings (SSSR count). The highest BCUT2D eigenvalue weighted by Crippen LogP contribution is 2.13. The van der Waals surface area contributed by atoms with Crippen molar-refractivity contribution in [2.75, 3.05) is 19.8 Å². The minimum Gasteiger partial charge on any atom is -0.494 e. The van der Waals surface area contributed by atoms with Crippen molar-refractivity contribution < 1.29 is 14.3 Å². The number of hydrogen-bond donors (Lipinski definition) is 0. The fourth-order valence-corrected chi connectivity index (χ4v) is 1.49. The van der Waals surface area contributed by atoms with Gasteiger partial charge in [0.25, 0.3) is 0 Å². The van der Waals surface area contributed by atoms with Gasteiger partial charge in [-0.1, -0.05) is 12.1 Å². The molecule has 0 fully saturated rings. The SMILES string of the molecule is CCOCCCOc1ccc(CC(C)=O)cc1. The quantitative estimate of drug-likeness (QED) is 0.651. The Morgan fingerprint density at radius 2 is 1.88 bits per heavy atom. The van der Waals surface area contributed by atoms with Crippen LogP contribution in [0.25, 0.3) is 0 Å². The summed E-state index contributed by atoms with van der Waals surface area (Å²) in [6.45, 7) is 5.72. The Labute approximate surface area is 103 Å². The number of benzene rings is 1. The first-order chi connectivity index (χ1) is 8.22. The van der Waals surface area contributed by atoms with Crippen LogP contribution >= 0.6 is 0 Å². The second kappa shape index (κ2) is 7.85. The van der Waals surface area contributed by atoms with Gasteiger partial charge in [-0.25, -0.2) is 0 Å². The van der Waals surface area contributed by atoms with E-state index in [4.69, 9.17) is 9.47 Å². The third-order valence-electron chi connectivity index (χ3n) is 2.28. The average Bonchev–Trinajstić information content (AvgIpc) is 2.30. The van der Waals surface area contributed by atoms with Crippen molar-refractivity contribution in [2.45, 2.75) is 26.7 Å². The summed E-state index contributed by atoms with van der Waals surface area (Å²) in [4.78, 5) is 10.9. The van der Waals surface area contributed by atoms with Crippen LogP contribution in [-0.4, -0.2) is 25.6 Å². The predicted octanol–water partition coefficient (Wildman–Crippen LogP) is 2.62. The van der Waals surface area contributed by atoms with Crippen molar-refractivity contribution in [3.8, 4) is 5.75 Å². The second-order valence-corrected chi connectivity index (χ2v) is 3.92. The molecule has 0 heterocycles. The van der Waals surface area contributed by atoms with Gasteiger partial charge in [0.1, 0.15) is 11.5 Å². The van der Waals surface area contributed by atoms with Crippen LogP contribution in [0.3, 0.4) is 0 Å². The van der Waals surface area contributed by atoms with Crippen molar-refractivity contribution in [1.29, 1.82) is 0 Å². The monoisotopic (exact) mass is 236 g/mol. The lowest BCUT2D eigenvalue weighted by Crippen LogP contribution is -2.03. The maximum absolute atomic E-state index is 10.9. The Kier molecular flexibility index (Phi) is 6.33. The van der Waals surface area contributed by atoms with Gasteiger partial charge >= 0.3 is 0 Å². The summed E-state index contributed by atoms with van der Waals surface area (Å²) in [5.74, 6) is 1.02. The molecule has 0 spiro atoms. The highest BCUT2D eigenvalue weighted by Gasteiger charge is 1.98. The number of carbonyl (C=O) groups is 1. The van der Waals surface area contributed by atoms with Crippen LogP contribution in [0.4, 0.5) is 0 Å². The molecule has 0 aliphatic rings. The summed E-state index contributed by atoms with van der Waals surface area (Å²) in [5.41, 5.74) is 1.03. The molecule has 17 heavy (non-hydrogen) atoms. The van der Waals surface area contributed by atoms with Gasteiger partial charge < -0.3 is 9.47 Å². The lowest BCUT2D eigenvalue weighted by molar-refractivity contribution is -0.116. The van der Waals surface area contributed by atoms with E-state index in [1.165, 1.54) is 0 Å². The second-order valence-electron chi connectivity index (χ2n) is 3.92. The molecular weight excluding hydrogens is 216 g/mol. The van der Waals surface area contributed by atoms with Crippen LogP contribution in [-0.2, 0) is 16.0 Å². The molecule has 1 aromatic rings. The summed E-state index contributed by atoms with van der Waals surface area (Å²) in [7, 11) is 0. The number of carbonyl (C=O) groups excluding carboxylic acids is 1. The van der Waals surface area contributed by atoms with Gasteiger partial charge in [-0.3, -0.25) is 4.79 Å². The van der Waals surface area contributed by atoms with Gasteiger partial charge in [0, 0.05) is 26.1 Å². The fourth-order valence-electron chi connectivity index (χ4n) is 1.49. The predicted molar refractivity (Wildman–Crippen MR) is 67.4 cm³/mol. The molecule has 0 saturated heterocycles. The van der Waals surface area contributed by atoms with Crippen molar-refractivity contribution >= 4 is 5.78 Å². The van der Waals surface area contributed by atoms with Crippen molar-refractivity contribution in [2.24, 2.45) is 0 Å². The normalized spacial score (nSPS) is 10.2. The molecule has 94 valence electrons. The van der Waals surface area contributed by atoms with E-state index >= 15 is 0 Å². The van der Waals surface area contributed by atoms with E-state index in [2.05, 4.69) is 0 Å². The van der Waals surface area contributed by atoms with Gasteiger partial charge in [-0.2, -0.15) is 0 Å². The van der Waals surface area contributed by atoms with Crippen LogP contribution in [0.5, 0.6) is 5.75 Å². The van der Waals surface area contributed by atoms with E-state index in [0.717, 1.165) is 30.9 Å². The lowest BCUT2D eigenvalue weighted by atomic mass is 10.1. The molecule has 0 aliphatic heterocycles. The molecule has 0 radical (unpaired) electrons. The highest BCUT2D eigenvalue weighted by molar-refractivity contribution is 5.78. The number of rotatable bonds is 8. The standard InChI is InChI=1S/C14H20O3/c1-3-16-9-4-10-17-14-7-5-13(6-8-14)11-12(2)15/h5-8H,3-4,9-11H2,1-2H3. The van der Waals surface area contributed by atoms with E-state index in [-0.39, 0.29) is 5.78 Å². The lowest BCUT2D eigenvalue weighted by Gasteiger charge is -2.06. The fraction of sp³-hybridized carbons (Fsp3) is 0.500. The third kappa shape index (κ3) is 6.07. The molecule has 0 saturated carbocycles. The Morgan fingerprint density at radius 1 is 1.18 bits per heavy atom. The molecular formula is C14H20O3. The number of ketones is 1. The van der Waals surface area contributed by atoms with E-state index in [1.54, 1.807) is 6.92 Å². The molecule has 1 aromatic carbocycles. The topological polar surface area (TPSA) is 35.5 Å². The van der Waals surface area contributed by atoms with Crippen LogP contribution < -0.4 is 4.74 Å². The molecule has 0 aliphatic carbocycles. The van der Waals surface area contributed by atoms with Crippen molar-refractivity contribution in [3.05, 3.63) is 29.8 Å². The van der Waals surface area contributed by atoms with Crippen molar-refractivity contribution in [1.82, 2.24) is 0 Å². The summed E-state index contributed by atoms with van der Waals surface area (Å²) in [6.07, 6.45) is 1.38. The third-order valence-corrected chi connectivity index (χ3v) is 2.28. The largest absolute Gasteiger partial charge is 0.494 e. The first kappa shape index (κ1) is 13.7. The molecule has 0 atom stereocenters. The Morgan fingerprint density at radius 3 is 2.47 bits per heavy atom. The zero-order valence-corrected chi connectivity index (χ0v) is 10.6. The average molecular weight is 236 g/mol. The van der Waals surface area contributed by atoms with E-state index < -0.39 is 0 Å². The molecule has 0 bridgehead atoms. The van der Waals surface area contributed by atoms with Crippen LogP contribution in [0.1, 0.15) is 25.8 Å². The van der Waals surface area contributed by atoms with E-state index in [9.17, 15) is 4.79 Å². The molecule has 3 heteroatoms. The van der Waals surface area contributed by atoms with E-state index in [1.807, 2.05) is 31.2 Å². The molecule has 0 amide bonds. The summed E-state index contributed by atoms with van der Waals surface area (Å²) < 4.78 is 10.8. The zero-order valence-electron chi connectivity index (χ0n) is 10.6. The number of Topliss-reactive ketones (excluding diaryl/α,β-unsaturated/α-hetero) is 1. The van der Waals surface area contributed by atoms with Gasteiger partial charge in [0.05, 0.1) is 6.61 Å². The number of hydrogen-bond acceptors (Lipinski definition) is 3. The molecule has 0 N–H and O–H groups in total. The first-order valence-electron chi connectivity index (χ1n) is 6.01. The van der Waals surface area contributed by atoms with E-state index in [0.29, 0.717) is 13.0 Å². The van der Waals surface area contributed by atoms with Gasteiger partial charge in [-0.05, 0) is 31.5 Å². The summed E-state index contributed by atoms with van der Waals surface area (Å²) in [5, 5.41) is 0. The smallest absolute Gasteiger partial charge is 0.134 e. The van der Waals surface area contributed by atoms with Crippen molar-refractivity contribution in [3.63, 3.8) is 0 Å². The summed E-state index contributed by atoms with van der Waals surface area (Å²) in [6, 6.07) is 7.66. The highest BCUT2D eigenvalue weighted by atomic mass is 16.5. The Hall–Kier alpha value is -1.35. The van der Waals surface area contributed by atoms with Crippen LogP contribution in [0, 0.1) is 0 Å². The molecule has 3 nitrogen and oxygen atoms in total. The first-order valence-corrected chi connectivity index (χ1v) is 6.01. The maximum Gasteiger partial charge on any atom is 0.134 e. The molecule has 0 aromatic heterocycles. The zero-order chi connectivity index (χ0) is 12.5. The van der Waals surface area contributed by atoms with Gasteiger partial charge in [0.2, 0.25) is 0 Å².